The Labute approximate surface area is 92.8 Å². The molecule has 15 heavy (non-hydrogen) atoms. The minimum atomic E-state index is -0.200. The van der Waals surface area contributed by atoms with E-state index in [1.165, 1.54) is 16.7 Å². The van der Waals surface area contributed by atoms with Crippen molar-refractivity contribution in [1.29, 1.82) is 0 Å². The molecule has 0 amide bonds. The van der Waals surface area contributed by atoms with Crippen LogP contribution in [0.15, 0.2) is 24.3 Å². The van der Waals surface area contributed by atoms with Crippen LogP contribution in [0.5, 0.6) is 0 Å². The number of ether oxygens (including phenoxy) is 1. The lowest BCUT2D eigenvalue weighted by molar-refractivity contribution is 0.0663. The quantitative estimate of drug-likeness (QED) is 0.728. The first-order valence-electron chi connectivity index (χ1n) is 5.27. The van der Waals surface area contributed by atoms with Gasteiger partial charge in [-0.2, -0.15) is 0 Å². The van der Waals surface area contributed by atoms with E-state index in [0.717, 1.165) is 0 Å². The number of methoxy groups -OCH3 is 1. The first-order valence-corrected chi connectivity index (χ1v) is 5.27. The Hall–Kier alpha value is -1.08. The van der Waals surface area contributed by atoms with Crippen LogP contribution in [0.1, 0.15) is 30.5 Å². The average molecular weight is 204 g/mol. The van der Waals surface area contributed by atoms with Crippen LogP contribution in [-0.4, -0.2) is 12.7 Å². The van der Waals surface area contributed by atoms with Gasteiger partial charge in [0, 0.05) is 7.11 Å². The van der Waals surface area contributed by atoms with Crippen molar-refractivity contribution < 1.29 is 4.74 Å². The lowest BCUT2D eigenvalue weighted by Gasteiger charge is -2.18. The van der Waals surface area contributed by atoms with E-state index in [0.29, 0.717) is 0 Å². The average Bonchev–Trinajstić information content (AvgIpc) is 2.17. The predicted molar refractivity (Wildman–Crippen MR) is 66.0 cm³/mol. The van der Waals surface area contributed by atoms with Crippen molar-refractivity contribution in [2.75, 3.05) is 7.11 Å². The van der Waals surface area contributed by atoms with Crippen LogP contribution in [0.25, 0.3) is 6.08 Å². The van der Waals surface area contributed by atoms with Gasteiger partial charge in [0.25, 0.3) is 0 Å². The SMILES string of the molecule is COC(C)(C)/C=C/c1c(C)cccc1C. The van der Waals surface area contributed by atoms with Gasteiger partial charge in [-0.25, -0.2) is 0 Å². The van der Waals surface area contributed by atoms with Gasteiger partial charge in [0.05, 0.1) is 5.60 Å². The van der Waals surface area contributed by atoms with Crippen molar-refractivity contribution >= 4 is 6.08 Å². The third-order valence-corrected chi connectivity index (χ3v) is 2.72. The van der Waals surface area contributed by atoms with Crippen LogP contribution in [0, 0.1) is 13.8 Å². The van der Waals surface area contributed by atoms with E-state index in [9.17, 15) is 0 Å². The van der Waals surface area contributed by atoms with Gasteiger partial charge in [0.1, 0.15) is 0 Å². The van der Waals surface area contributed by atoms with E-state index in [1.54, 1.807) is 7.11 Å². The van der Waals surface area contributed by atoms with Gasteiger partial charge in [-0.05, 0) is 44.4 Å². The van der Waals surface area contributed by atoms with Crippen LogP contribution in [0.2, 0.25) is 0 Å². The Balaban J connectivity index is 2.99. The minimum absolute atomic E-state index is 0.200. The normalized spacial score (nSPS) is 12.3. The van der Waals surface area contributed by atoms with Crippen molar-refractivity contribution in [3.05, 3.63) is 41.0 Å². The Morgan fingerprint density at radius 3 is 2.13 bits per heavy atom. The molecule has 1 nitrogen and oxygen atoms in total. The zero-order chi connectivity index (χ0) is 11.5. The second kappa shape index (κ2) is 4.63. The summed E-state index contributed by atoms with van der Waals surface area (Å²) in [6.07, 6.45) is 4.25. The largest absolute Gasteiger partial charge is 0.375 e. The molecule has 0 saturated heterocycles. The van der Waals surface area contributed by atoms with Gasteiger partial charge >= 0.3 is 0 Å². The van der Waals surface area contributed by atoms with E-state index in [1.807, 2.05) is 0 Å². The van der Waals surface area contributed by atoms with E-state index in [2.05, 4.69) is 58.0 Å². The van der Waals surface area contributed by atoms with Gasteiger partial charge in [-0.1, -0.05) is 30.4 Å². The van der Waals surface area contributed by atoms with Gasteiger partial charge in [-0.15, -0.1) is 0 Å². The summed E-state index contributed by atoms with van der Waals surface area (Å²) in [5.41, 5.74) is 3.70. The summed E-state index contributed by atoms with van der Waals surface area (Å²) in [6, 6.07) is 6.35. The zero-order valence-corrected chi connectivity index (χ0v) is 10.3. The molecule has 0 fully saturated rings. The monoisotopic (exact) mass is 204 g/mol. The third-order valence-electron chi connectivity index (χ3n) is 2.72. The van der Waals surface area contributed by atoms with Gasteiger partial charge < -0.3 is 4.74 Å². The second-order valence-corrected chi connectivity index (χ2v) is 4.45. The van der Waals surface area contributed by atoms with Crippen LogP contribution >= 0.6 is 0 Å². The van der Waals surface area contributed by atoms with Crippen molar-refractivity contribution in [3.63, 3.8) is 0 Å². The number of aryl methyl sites for hydroxylation is 2. The molecule has 0 aliphatic carbocycles. The third kappa shape index (κ3) is 3.21. The molecule has 0 spiro atoms. The summed E-state index contributed by atoms with van der Waals surface area (Å²) >= 11 is 0. The summed E-state index contributed by atoms with van der Waals surface area (Å²) in [4.78, 5) is 0. The summed E-state index contributed by atoms with van der Waals surface area (Å²) in [6.45, 7) is 8.37. The molecule has 0 bridgehead atoms. The van der Waals surface area contributed by atoms with E-state index < -0.39 is 0 Å². The maximum atomic E-state index is 5.35. The Kier molecular flexibility index (Phi) is 3.70. The lowest BCUT2D eigenvalue weighted by Crippen LogP contribution is -2.18. The highest BCUT2D eigenvalue weighted by atomic mass is 16.5. The molecule has 0 aliphatic heterocycles. The number of hydrogen-bond donors (Lipinski definition) is 0. The molecule has 0 heterocycles. The topological polar surface area (TPSA) is 9.23 Å². The molecule has 1 aromatic rings. The molecule has 1 heteroatoms. The molecule has 1 aromatic carbocycles. The van der Waals surface area contributed by atoms with Crippen molar-refractivity contribution in [3.8, 4) is 0 Å². The fourth-order valence-corrected chi connectivity index (χ4v) is 1.44. The lowest BCUT2D eigenvalue weighted by atomic mass is 10.00. The molecule has 82 valence electrons. The van der Waals surface area contributed by atoms with Gasteiger partial charge in [0.15, 0.2) is 0 Å². The van der Waals surface area contributed by atoms with E-state index in [4.69, 9.17) is 4.74 Å². The molecule has 0 radical (unpaired) electrons. The summed E-state index contributed by atoms with van der Waals surface area (Å²) in [5.74, 6) is 0. The first kappa shape index (κ1) is 12.0. The first-order chi connectivity index (χ1) is 6.96. The summed E-state index contributed by atoms with van der Waals surface area (Å²) in [7, 11) is 1.73. The Morgan fingerprint density at radius 2 is 1.67 bits per heavy atom. The molecule has 0 saturated carbocycles. The van der Waals surface area contributed by atoms with E-state index in [-0.39, 0.29) is 5.60 Å². The number of hydrogen-bond acceptors (Lipinski definition) is 1. The number of rotatable bonds is 3. The van der Waals surface area contributed by atoms with Crippen LogP contribution in [0.4, 0.5) is 0 Å². The molecule has 1 rings (SSSR count). The molecule has 0 aliphatic rings. The smallest absolute Gasteiger partial charge is 0.0805 e. The van der Waals surface area contributed by atoms with Crippen LogP contribution in [0.3, 0.4) is 0 Å². The summed E-state index contributed by atoms with van der Waals surface area (Å²) in [5, 5.41) is 0. The van der Waals surface area contributed by atoms with Gasteiger partial charge in [-0.3, -0.25) is 0 Å². The highest BCUT2D eigenvalue weighted by Crippen LogP contribution is 2.18. The fourth-order valence-electron chi connectivity index (χ4n) is 1.44. The second-order valence-electron chi connectivity index (χ2n) is 4.45. The fraction of sp³-hybridized carbons (Fsp3) is 0.429. The molecule has 0 atom stereocenters. The van der Waals surface area contributed by atoms with Crippen molar-refractivity contribution in [1.82, 2.24) is 0 Å². The van der Waals surface area contributed by atoms with Crippen LogP contribution < -0.4 is 0 Å². The Bertz CT molecular complexity index is 341. The molecule has 0 aromatic heterocycles. The van der Waals surface area contributed by atoms with Crippen molar-refractivity contribution in [2.24, 2.45) is 0 Å². The predicted octanol–water partition coefficient (Wildman–Crippen LogP) is 3.74. The maximum absolute atomic E-state index is 5.35. The number of benzene rings is 1. The molecule has 0 N–H and O–H groups in total. The van der Waals surface area contributed by atoms with E-state index >= 15 is 0 Å². The highest BCUT2D eigenvalue weighted by Gasteiger charge is 2.11. The maximum Gasteiger partial charge on any atom is 0.0805 e. The minimum Gasteiger partial charge on any atom is -0.375 e. The molecular formula is C14H20O. The standard InChI is InChI=1S/C14H20O/c1-11-7-6-8-12(2)13(11)9-10-14(3,4)15-5/h6-10H,1-5H3/b10-9+. The van der Waals surface area contributed by atoms with Gasteiger partial charge in [0.2, 0.25) is 0 Å². The Morgan fingerprint density at radius 1 is 1.13 bits per heavy atom. The molecular weight excluding hydrogens is 184 g/mol. The zero-order valence-electron chi connectivity index (χ0n) is 10.3. The highest BCUT2D eigenvalue weighted by molar-refractivity contribution is 5.58. The molecule has 0 unspecified atom stereocenters. The van der Waals surface area contributed by atoms with Crippen molar-refractivity contribution in [2.45, 2.75) is 33.3 Å². The summed E-state index contributed by atoms with van der Waals surface area (Å²) < 4.78 is 5.35. The van der Waals surface area contributed by atoms with Crippen LogP contribution in [-0.2, 0) is 4.74 Å².